The van der Waals surface area contributed by atoms with Gasteiger partial charge in [0.15, 0.2) is 5.78 Å². The molecule has 0 amide bonds. The molecular weight excluding hydrogens is 220 g/mol. The first kappa shape index (κ1) is 13.0. The zero-order chi connectivity index (χ0) is 12.3. The van der Waals surface area contributed by atoms with Crippen molar-refractivity contribution in [1.29, 1.82) is 0 Å². The molecule has 0 spiro atoms. The summed E-state index contributed by atoms with van der Waals surface area (Å²) in [6.07, 6.45) is 1.05. The Labute approximate surface area is 101 Å². The van der Waals surface area contributed by atoms with E-state index in [2.05, 4.69) is 19.2 Å². The Balaban J connectivity index is 2.85. The van der Waals surface area contributed by atoms with E-state index >= 15 is 0 Å². The molecule has 4 heteroatoms. The van der Waals surface area contributed by atoms with Crippen molar-refractivity contribution >= 4 is 27.8 Å². The molecule has 0 aromatic carbocycles. The normalized spacial score (nSPS) is 12.8. The maximum atomic E-state index is 11.8. The Morgan fingerprint density at radius 2 is 2.12 bits per heavy atom. The average Bonchev–Trinajstić information content (AvgIpc) is 2.57. The van der Waals surface area contributed by atoms with Crippen molar-refractivity contribution < 1.29 is 4.79 Å². The number of anilines is 2. The zero-order valence-corrected chi connectivity index (χ0v) is 11.1. The highest BCUT2D eigenvalue weighted by Gasteiger charge is 2.17. The Bertz CT molecular complexity index is 371. The van der Waals surface area contributed by atoms with E-state index in [1.807, 2.05) is 19.9 Å². The minimum atomic E-state index is -0.00241. The van der Waals surface area contributed by atoms with Crippen LogP contribution in [-0.4, -0.2) is 11.8 Å². The number of ketones is 1. The Hall–Kier alpha value is -1.03. The van der Waals surface area contributed by atoms with Crippen molar-refractivity contribution in [2.45, 2.75) is 40.2 Å². The summed E-state index contributed by atoms with van der Waals surface area (Å²) in [7, 11) is 0. The number of nitrogens with one attached hydrogen (secondary N) is 1. The van der Waals surface area contributed by atoms with E-state index in [-0.39, 0.29) is 11.7 Å². The number of nitrogen functional groups attached to an aromatic ring is 1. The predicted octanol–water partition coefficient (Wildman–Crippen LogP) is 3.38. The Morgan fingerprint density at radius 1 is 1.50 bits per heavy atom. The molecule has 0 bridgehead atoms. The molecule has 3 nitrogen and oxygen atoms in total. The molecule has 0 saturated carbocycles. The predicted molar refractivity (Wildman–Crippen MR) is 71.3 cm³/mol. The standard InChI is InChI=1S/C12H20N2OS/c1-5-8(4)14-10-6-9(13)12(16-10)11(15)7(2)3/h6-8,14H,5,13H2,1-4H3. The molecule has 1 atom stereocenters. The molecule has 0 radical (unpaired) electrons. The first-order chi connectivity index (χ1) is 7.45. The lowest BCUT2D eigenvalue weighted by Gasteiger charge is -2.09. The van der Waals surface area contributed by atoms with Gasteiger partial charge in [-0.25, -0.2) is 0 Å². The van der Waals surface area contributed by atoms with Crippen LogP contribution in [0.25, 0.3) is 0 Å². The van der Waals surface area contributed by atoms with Gasteiger partial charge in [-0.2, -0.15) is 0 Å². The average molecular weight is 240 g/mol. The summed E-state index contributed by atoms with van der Waals surface area (Å²) in [6.45, 7) is 8.02. The molecule has 0 fully saturated rings. The van der Waals surface area contributed by atoms with Crippen LogP contribution in [0, 0.1) is 5.92 Å². The Morgan fingerprint density at radius 3 is 2.62 bits per heavy atom. The summed E-state index contributed by atoms with van der Waals surface area (Å²) in [6, 6.07) is 2.26. The molecule has 1 heterocycles. The van der Waals surface area contributed by atoms with E-state index in [0.29, 0.717) is 16.6 Å². The van der Waals surface area contributed by atoms with Crippen LogP contribution < -0.4 is 11.1 Å². The summed E-state index contributed by atoms with van der Waals surface area (Å²) in [5, 5.41) is 4.32. The van der Waals surface area contributed by atoms with Gasteiger partial charge in [-0.15, -0.1) is 11.3 Å². The van der Waals surface area contributed by atoms with Gasteiger partial charge >= 0.3 is 0 Å². The van der Waals surface area contributed by atoms with Crippen LogP contribution in [0.15, 0.2) is 6.07 Å². The van der Waals surface area contributed by atoms with E-state index in [0.717, 1.165) is 11.4 Å². The van der Waals surface area contributed by atoms with Crippen LogP contribution in [0.5, 0.6) is 0 Å². The van der Waals surface area contributed by atoms with Crippen molar-refractivity contribution in [3.05, 3.63) is 10.9 Å². The fraction of sp³-hybridized carbons (Fsp3) is 0.583. The lowest BCUT2D eigenvalue weighted by atomic mass is 10.1. The van der Waals surface area contributed by atoms with Gasteiger partial charge in [0.25, 0.3) is 0 Å². The fourth-order valence-corrected chi connectivity index (χ4v) is 2.45. The number of nitrogens with two attached hydrogens (primary N) is 1. The second kappa shape index (κ2) is 5.34. The number of rotatable bonds is 5. The van der Waals surface area contributed by atoms with E-state index in [9.17, 15) is 4.79 Å². The SMILES string of the molecule is CCC(C)Nc1cc(N)c(C(=O)C(C)C)s1. The minimum Gasteiger partial charge on any atom is -0.397 e. The van der Waals surface area contributed by atoms with Gasteiger partial charge in [-0.3, -0.25) is 4.79 Å². The quantitative estimate of drug-likeness (QED) is 0.776. The van der Waals surface area contributed by atoms with Gasteiger partial charge in [0.2, 0.25) is 0 Å². The number of hydrogen-bond acceptors (Lipinski definition) is 4. The molecule has 0 saturated heterocycles. The van der Waals surface area contributed by atoms with Crippen molar-refractivity contribution in [1.82, 2.24) is 0 Å². The molecule has 0 aliphatic carbocycles. The number of Topliss-reactive ketones (excluding diaryl/α,β-unsaturated/α-hetero) is 1. The van der Waals surface area contributed by atoms with E-state index in [1.165, 1.54) is 11.3 Å². The third kappa shape index (κ3) is 2.98. The lowest BCUT2D eigenvalue weighted by Crippen LogP contribution is -2.12. The summed E-state index contributed by atoms with van der Waals surface area (Å²) >= 11 is 1.45. The first-order valence-electron chi connectivity index (χ1n) is 5.65. The number of hydrogen-bond donors (Lipinski definition) is 2. The highest BCUT2D eigenvalue weighted by molar-refractivity contribution is 7.18. The van der Waals surface area contributed by atoms with Crippen LogP contribution in [0.4, 0.5) is 10.7 Å². The number of carbonyl (C=O) groups is 1. The monoisotopic (exact) mass is 240 g/mol. The van der Waals surface area contributed by atoms with Gasteiger partial charge in [0, 0.05) is 12.0 Å². The van der Waals surface area contributed by atoms with E-state index in [1.54, 1.807) is 0 Å². The molecule has 0 aliphatic rings. The second-order valence-corrected chi connectivity index (χ2v) is 5.42. The summed E-state index contributed by atoms with van der Waals surface area (Å²) in [5.41, 5.74) is 6.44. The second-order valence-electron chi connectivity index (χ2n) is 4.37. The van der Waals surface area contributed by atoms with Crippen molar-refractivity contribution in [3.63, 3.8) is 0 Å². The molecule has 3 N–H and O–H groups in total. The van der Waals surface area contributed by atoms with Crippen molar-refractivity contribution in [2.24, 2.45) is 5.92 Å². The summed E-state index contributed by atoms with van der Waals surface area (Å²) in [5.74, 6) is 0.122. The third-order valence-corrected chi connectivity index (χ3v) is 3.61. The molecule has 16 heavy (non-hydrogen) atoms. The number of thiophene rings is 1. The van der Waals surface area contributed by atoms with E-state index in [4.69, 9.17) is 5.73 Å². The highest BCUT2D eigenvalue weighted by Crippen LogP contribution is 2.31. The van der Waals surface area contributed by atoms with E-state index < -0.39 is 0 Å². The van der Waals surface area contributed by atoms with Gasteiger partial charge < -0.3 is 11.1 Å². The molecule has 1 rings (SSSR count). The van der Waals surface area contributed by atoms with Crippen LogP contribution in [0.2, 0.25) is 0 Å². The zero-order valence-electron chi connectivity index (χ0n) is 10.3. The first-order valence-corrected chi connectivity index (χ1v) is 6.47. The largest absolute Gasteiger partial charge is 0.397 e. The van der Waals surface area contributed by atoms with Crippen LogP contribution in [-0.2, 0) is 0 Å². The van der Waals surface area contributed by atoms with Crippen LogP contribution >= 0.6 is 11.3 Å². The molecule has 1 unspecified atom stereocenters. The maximum Gasteiger partial charge on any atom is 0.177 e. The molecule has 1 aromatic heterocycles. The molecular formula is C12H20N2OS. The minimum absolute atomic E-state index is 0.00241. The fourth-order valence-electron chi connectivity index (χ4n) is 1.28. The maximum absolute atomic E-state index is 11.8. The van der Waals surface area contributed by atoms with Crippen LogP contribution in [0.1, 0.15) is 43.8 Å². The number of carbonyl (C=O) groups excluding carboxylic acids is 1. The van der Waals surface area contributed by atoms with Gasteiger partial charge in [-0.05, 0) is 19.4 Å². The topological polar surface area (TPSA) is 55.1 Å². The third-order valence-electron chi connectivity index (χ3n) is 2.51. The van der Waals surface area contributed by atoms with Crippen molar-refractivity contribution in [3.8, 4) is 0 Å². The van der Waals surface area contributed by atoms with Crippen LogP contribution in [0.3, 0.4) is 0 Å². The summed E-state index contributed by atoms with van der Waals surface area (Å²) in [4.78, 5) is 12.5. The van der Waals surface area contributed by atoms with Gasteiger partial charge in [0.1, 0.15) is 0 Å². The highest BCUT2D eigenvalue weighted by atomic mass is 32.1. The molecule has 0 aliphatic heterocycles. The smallest absolute Gasteiger partial charge is 0.177 e. The van der Waals surface area contributed by atoms with Gasteiger partial charge in [-0.1, -0.05) is 20.8 Å². The molecule has 90 valence electrons. The van der Waals surface area contributed by atoms with Gasteiger partial charge in [0.05, 0.1) is 15.6 Å². The lowest BCUT2D eigenvalue weighted by molar-refractivity contribution is 0.0944. The van der Waals surface area contributed by atoms with Crippen molar-refractivity contribution in [2.75, 3.05) is 11.1 Å². The molecule has 1 aromatic rings. The Kier molecular flexibility index (Phi) is 4.35. The summed E-state index contributed by atoms with van der Waals surface area (Å²) < 4.78 is 0.